The summed E-state index contributed by atoms with van der Waals surface area (Å²) >= 11 is 0. The van der Waals surface area contributed by atoms with Gasteiger partial charge in [-0.3, -0.25) is 0 Å². The van der Waals surface area contributed by atoms with Crippen LogP contribution in [0.15, 0.2) is 30.4 Å². The number of methoxy groups -OCH3 is 2. The molecule has 1 aromatic rings. The third kappa shape index (κ3) is 5.59. The van der Waals surface area contributed by atoms with Crippen molar-refractivity contribution in [2.75, 3.05) is 14.2 Å². The minimum absolute atomic E-state index is 0.0328. The predicted octanol–water partition coefficient (Wildman–Crippen LogP) is 3.20. The standard InChI is InChI=1S/C19H30O6Si/c1-19(2,3)26(6,7)25-15-10-8-13(12-16(15)23-4)18(22)14(20)9-11-17(21)24-5/h8-12,14,18,20,22H,1-7H3/b11-9+. The maximum Gasteiger partial charge on any atom is 0.330 e. The van der Waals surface area contributed by atoms with Crippen LogP contribution in [-0.2, 0) is 9.53 Å². The summed E-state index contributed by atoms with van der Waals surface area (Å²) < 4.78 is 16.1. The Labute approximate surface area is 156 Å². The molecule has 0 spiro atoms. The molecule has 0 heterocycles. The highest BCUT2D eigenvalue weighted by molar-refractivity contribution is 6.74. The number of hydrogen-bond acceptors (Lipinski definition) is 6. The van der Waals surface area contributed by atoms with Crippen LogP contribution in [0.5, 0.6) is 11.5 Å². The molecule has 0 bridgehead atoms. The predicted molar refractivity (Wildman–Crippen MR) is 103 cm³/mol. The summed E-state index contributed by atoms with van der Waals surface area (Å²) in [6.45, 7) is 10.7. The van der Waals surface area contributed by atoms with E-state index >= 15 is 0 Å². The van der Waals surface area contributed by atoms with Crippen LogP contribution >= 0.6 is 0 Å². The zero-order chi connectivity index (χ0) is 20.1. The monoisotopic (exact) mass is 382 g/mol. The molecule has 0 amide bonds. The summed E-state index contributed by atoms with van der Waals surface area (Å²) in [6, 6.07) is 5.03. The molecule has 0 aliphatic rings. The number of hydrogen-bond donors (Lipinski definition) is 2. The van der Waals surface area contributed by atoms with Gasteiger partial charge in [0, 0.05) is 6.08 Å². The highest BCUT2D eigenvalue weighted by Crippen LogP contribution is 2.40. The van der Waals surface area contributed by atoms with E-state index in [1.165, 1.54) is 20.3 Å². The van der Waals surface area contributed by atoms with Crippen molar-refractivity contribution in [3.8, 4) is 11.5 Å². The summed E-state index contributed by atoms with van der Waals surface area (Å²) in [5.74, 6) is 0.483. The van der Waals surface area contributed by atoms with Crippen LogP contribution in [0.2, 0.25) is 18.1 Å². The van der Waals surface area contributed by atoms with Crippen LogP contribution in [0.4, 0.5) is 0 Å². The van der Waals surface area contributed by atoms with Crippen molar-refractivity contribution in [3.63, 3.8) is 0 Å². The van der Waals surface area contributed by atoms with Gasteiger partial charge in [0.1, 0.15) is 18.0 Å². The van der Waals surface area contributed by atoms with Gasteiger partial charge < -0.3 is 24.1 Å². The van der Waals surface area contributed by atoms with E-state index in [4.69, 9.17) is 9.16 Å². The van der Waals surface area contributed by atoms with E-state index in [2.05, 4.69) is 38.6 Å². The van der Waals surface area contributed by atoms with E-state index in [1.54, 1.807) is 18.2 Å². The topological polar surface area (TPSA) is 85.2 Å². The molecule has 0 saturated carbocycles. The number of carbonyl (C=O) groups excluding carboxylic acids is 1. The lowest BCUT2D eigenvalue weighted by Gasteiger charge is -2.36. The van der Waals surface area contributed by atoms with Gasteiger partial charge in [-0.25, -0.2) is 4.79 Å². The van der Waals surface area contributed by atoms with Gasteiger partial charge in [0.25, 0.3) is 8.32 Å². The summed E-state index contributed by atoms with van der Waals surface area (Å²) in [5.41, 5.74) is 0.450. The van der Waals surface area contributed by atoms with Gasteiger partial charge in [-0.15, -0.1) is 0 Å². The van der Waals surface area contributed by atoms with Crippen molar-refractivity contribution < 1.29 is 28.9 Å². The van der Waals surface area contributed by atoms with Crippen molar-refractivity contribution in [2.45, 2.75) is 51.1 Å². The fourth-order valence-corrected chi connectivity index (χ4v) is 2.95. The fourth-order valence-electron chi connectivity index (χ4n) is 1.93. The average Bonchev–Trinajstić information content (AvgIpc) is 2.57. The first kappa shape index (κ1) is 22.2. The Balaban J connectivity index is 3.05. The summed E-state index contributed by atoms with van der Waals surface area (Å²) in [4.78, 5) is 11.1. The Morgan fingerprint density at radius 2 is 1.77 bits per heavy atom. The van der Waals surface area contributed by atoms with Gasteiger partial charge in [-0.05, 0) is 41.9 Å². The Kier molecular flexibility index (Phi) is 7.43. The Hall–Kier alpha value is -1.83. The molecule has 1 rings (SSSR count). The SMILES string of the molecule is COC(=O)/C=C/C(O)C(O)c1ccc(O[Si](C)(C)C(C)(C)C)c(OC)c1. The van der Waals surface area contributed by atoms with Crippen molar-refractivity contribution in [2.24, 2.45) is 0 Å². The number of rotatable bonds is 7. The third-order valence-electron chi connectivity index (χ3n) is 4.65. The van der Waals surface area contributed by atoms with Gasteiger partial charge in [0.15, 0.2) is 5.75 Å². The largest absolute Gasteiger partial charge is 0.541 e. The third-order valence-corrected chi connectivity index (χ3v) is 9.00. The van der Waals surface area contributed by atoms with Gasteiger partial charge in [-0.1, -0.05) is 26.8 Å². The lowest BCUT2D eigenvalue weighted by Crippen LogP contribution is -2.43. The molecule has 146 valence electrons. The number of aliphatic hydroxyl groups excluding tert-OH is 2. The minimum Gasteiger partial charge on any atom is -0.541 e. The molecule has 7 heteroatoms. The van der Waals surface area contributed by atoms with Crippen LogP contribution in [0.3, 0.4) is 0 Å². The quantitative estimate of drug-likeness (QED) is 0.428. The number of carbonyl (C=O) groups is 1. The number of esters is 1. The number of aliphatic hydroxyl groups is 2. The molecule has 2 N–H and O–H groups in total. The maximum atomic E-state index is 11.1. The normalized spacial score (nSPS) is 14.8. The molecule has 0 saturated heterocycles. The molecule has 0 fully saturated rings. The summed E-state index contributed by atoms with van der Waals surface area (Å²) in [7, 11) is 0.719. The zero-order valence-corrected chi connectivity index (χ0v) is 17.6. The molecule has 26 heavy (non-hydrogen) atoms. The van der Waals surface area contributed by atoms with E-state index in [9.17, 15) is 15.0 Å². The second kappa shape index (κ2) is 8.70. The van der Waals surface area contributed by atoms with E-state index in [-0.39, 0.29) is 5.04 Å². The number of ether oxygens (including phenoxy) is 2. The molecular weight excluding hydrogens is 352 g/mol. The van der Waals surface area contributed by atoms with Crippen LogP contribution in [-0.4, -0.2) is 44.8 Å². The molecule has 2 unspecified atom stereocenters. The van der Waals surface area contributed by atoms with Gasteiger partial charge in [0.05, 0.1) is 14.2 Å². The molecule has 1 aromatic carbocycles. The van der Waals surface area contributed by atoms with Crippen LogP contribution < -0.4 is 9.16 Å². The van der Waals surface area contributed by atoms with Gasteiger partial charge in [0.2, 0.25) is 0 Å². The first-order chi connectivity index (χ1) is 11.9. The highest BCUT2D eigenvalue weighted by atomic mass is 28.4. The van der Waals surface area contributed by atoms with Crippen LogP contribution in [0.25, 0.3) is 0 Å². The Morgan fingerprint density at radius 1 is 1.15 bits per heavy atom. The molecule has 0 aromatic heterocycles. The minimum atomic E-state index is -2.04. The Bertz CT molecular complexity index is 648. The average molecular weight is 383 g/mol. The highest BCUT2D eigenvalue weighted by Gasteiger charge is 2.39. The van der Waals surface area contributed by atoms with E-state index in [0.717, 1.165) is 6.08 Å². The molecule has 0 aliphatic carbocycles. The van der Waals surface area contributed by atoms with Crippen LogP contribution in [0, 0.1) is 0 Å². The second-order valence-corrected chi connectivity index (χ2v) is 12.3. The zero-order valence-electron chi connectivity index (χ0n) is 16.6. The maximum absolute atomic E-state index is 11.1. The number of benzene rings is 1. The molecule has 0 aliphatic heterocycles. The van der Waals surface area contributed by atoms with E-state index in [1.807, 2.05) is 0 Å². The smallest absolute Gasteiger partial charge is 0.330 e. The lowest BCUT2D eigenvalue weighted by molar-refractivity contribution is -0.134. The van der Waals surface area contributed by atoms with Crippen molar-refractivity contribution in [1.82, 2.24) is 0 Å². The van der Waals surface area contributed by atoms with E-state index in [0.29, 0.717) is 17.1 Å². The molecule has 6 nitrogen and oxygen atoms in total. The lowest BCUT2D eigenvalue weighted by atomic mass is 10.0. The fraction of sp³-hybridized carbons (Fsp3) is 0.526. The Morgan fingerprint density at radius 3 is 2.27 bits per heavy atom. The molecule has 2 atom stereocenters. The van der Waals surface area contributed by atoms with Gasteiger partial charge >= 0.3 is 5.97 Å². The van der Waals surface area contributed by atoms with Crippen molar-refractivity contribution >= 4 is 14.3 Å². The van der Waals surface area contributed by atoms with Crippen molar-refractivity contribution in [3.05, 3.63) is 35.9 Å². The second-order valence-electron chi connectivity index (χ2n) is 7.59. The first-order valence-electron chi connectivity index (χ1n) is 8.42. The summed E-state index contributed by atoms with van der Waals surface area (Å²) in [6.07, 6.45) is -0.221. The van der Waals surface area contributed by atoms with E-state index < -0.39 is 26.5 Å². The van der Waals surface area contributed by atoms with Crippen LogP contribution in [0.1, 0.15) is 32.4 Å². The van der Waals surface area contributed by atoms with Gasteiger partial charge in [-0.2, -0.15) is 0 Å². The van der Waals surface area contributed by atoms with Crippen molar-refractivity contribution in [1.29, 1.82) is 0 Å². The molecular formula is C19H30O6Si. The summed E-state index contributed by atoms with van der Waals surface area (Å²) in [5, 5.41) is 20.4. The first-order valence-corrected chi connectivity index (χ1v) is 11.3. The molecule has 0 radical (unpaired) electrons.